The van der Waals surface area contributed by atoms with E-state index in [4.69, 9.17) is 4.74 Å². The normalized spacial score (nSPS) is 10.7. The van der Waals surface area contributed by atoms with Crippen LogP contribution in [0.5, 0.6) is 5.75 Å². The second-order valence-corrected chi connectivity index (χ2v) is 4.51. The lowest BCUT2D eigenvalue weighted by molar-refractivity contribution is 0.0809. The minimum absolute atomic E-state index is 0.0173. The number of aldehydes is 1. The average Bonchev–Trinajstić information content (AvgIpc) is 2.47. The molecule has 110 valence electrons. The molecule has 0 atom stereocenters. The van der Waals surface area contributed by atoms with Crippen LogP contribution < -0.4 is 4.74 Å². The van der Waals surface area contributed by atoms with Gasteiger partial charge in [-0.25, -0.2) is 13.2 Å². The molecule has 0 fully saturated rings. The van der Waals surface area contributed by atoms with E-state index in [0.717, 1.165) is 0 Å². The van der Waals surface area contributed by atoms with Crippen molar-refractivity contribution in [3.05, 3.63) is 53.3 Å². The summed E-state index contributed by atoms with van der Waals surface area (Å²) in [7, 11) is 0. The lowest BCUT2D eigenvalue weighted by Gasteiger charge is -2.11. The van der Waals surface area contributed by atoms with E-state index in [1.54, 1.807) is 31.2 Å². The molecule has 0 unspecified atom stereocenters. The van der Waals surface area contributed by atoms with Crippen LogP contribution in [0, 0.1) is 12.7 Å². The number of alkyl halides is 2. The third-order valence-corrected chi connectivity index (χ3v) is 3.01. The largest absolute Gasteiger partial charge is 0.487 e. The lowest BCUT2D eigenvalue weighted by Crippen LogP contribution is -2.08. The van der Waals surface area contributed by atoms with Crippen LogP contribution >= 0.6 is 0 Å². The molecule has 0 saturated carbocycles. The van der Waals surface area contributed by atoms with Gasteiger partial charge >= 0.3 is 0 Å². The molecule has 0 aliphatic carbocycles. The minimum atomic E-state index is -2.65. The second kappa shape index (κ2) is 6.43. The van der Waals surface area contributed by atoms with Gasteiger partial charge in [0.1, 0.15) is 18.2 Å². The highest BCUT2D eigenvalue weighted by Crippen LogP contribution is 2.29. The van der Waals surface area contributed by atoms with Crippen molar-refractivity contribution in [3.63, 3.8) is 0 Å². The molecule has 0 aliphatic heterocycles. The number of rotatable bonds is 5. The van der Waals surface area contributed by atoms with Gasteiger partial charge in [-0.1, -0.05) is 24.3 Å². The Balaban J connectivity index is 2.43. The maximum absolute atomic E-state index is 14.1. The molecule has 0 radical (unpaired) electrons. The van der Waals surface area contributed by atoms with Crippen LogP contribution in [0.1, 0.15) is 15.9 Å². The predicted octanol–water partition coefficient (Wildman–Crippen LogP) is 4.26. The third kappa shape index (κ3) is 3.42. The molecular formula is C16H13F3O2. The van der Waals surface area contributed by atoms with Crippen LogP contribution in [0.25, 0.3) is 11.1 Å². The van der Waals surface area contributed by atoms with Crippen LogP contribution in [-0.2, 0) is 0 Å². The summed E-state index contributed by atoms with van der Waals surface area (Å²) in [6.07, 6.45) is -2.14. The molecule has 0 bridgehead atoms. The summed E-state index contributed by atoms with van der Waals surface area (Å²) >= 11 is 0. The number of hydrogen-bond acceptors (Lipinski definition) is 2. The van der Waals surface area contributed by atoms with Crippen LogP contribution in [-0.4, -0.2) is 19.3 Å². The van der Waals surface area contributed by atoms with Gasteiger partial charge in [0.2, 0.25) is 0 Å². The lowest BCUT2D eigenvalue weighted by atomic mass is 10.0. The molecule has 2 aromatic carbocycles. The molecule has 0 N–H and O–H groups in total. The Kier molecular flexibility index (Phi) is 4.62. The van der Waals surface area contributed by atoms with Crippen LogP contribution in [0.4, 0.5) is 13.2 Å². The van der Waals surface area contributed by atoms with E-state index in [-0.39, 0.29) is 11.3 Å². The van der Waals surface area contributed by atoms with Gasteiger partial charge in [-0.3, -0.25) is 4.79 Å². The second-order valence-electron chi connectivity index (χ2n) is 4.51. The molecule has 0 heterocycles. The first-order valence-electron chi connectivity index (χ1n) is 6.28. The van der Waals surface area contributed by atoms with Crippen molar-refractivity contribution in [2.45, 2.75) is 13.3 Å². The van der Waals surface area contributed by atoms with E-state index in [9.17, 15) is 18.0 Å². The monoisotopic (exact) mass is 294 g/mol. The molecule has 0 spiro atoms. The minimum Gasteiger partial charge on any atom is -0.487 e. The zero-order chi connectivity index (χ0) is 15.4. The highest BCUT2D eigenvalue weighted by atomic mass is 19.3. The fourth-order valence-electron chi connectivity index (χ4n) is 1.95. The maximum Gasteiger partial charge on any atom is 0.272 e. The van der Waals surface area contributed by atoms with E-state index in [2.05, 4.69) is 0 Å². The Bertz CT molecular complexity index is 654. The van der Waals surface area contributed by atoms with Crippen molar-refractivity contribution in [3.8, 4) is 16.9 Å². The number of carbonyl (C=O) groups is 1. The summed E-state index contributed by atoms with van der Waals surface area (Å²) < 4.78 is 43.4. The van der Waals surface area contributed by atoms with Crippen molar-refractivity contribution >= 4 is 6.29 Å². The van der Waals surface area contributed by atoms with E-state index in [1.165, 1.54) is 12.1 Å². The van der Waals surface area contributed by atoms with Crippen molar-refractivity contribution in [1.82, 2.24) is 0 Å². The Morgan fingerprint density at radius 2 is 2.00 bits per heavy atom. The summed E-state index contributed by atoms with van der Waals surface area (Å²) in [5.74, 6) is -0.375. The van der Waals surface area contributed by atoms with Crippen LogP contribution in [0.15, 0.2) is 36.4 Å². The number of aryl methyl sites for hydroxylation is 1. The van der Waals surface area contributed by atoms with Gasteiger partial charge in [0.25, 0.3) is 6.43 Å². The summed E-state index contributed by atoms with van der Waals surface area (Å²) in [5, 5.41) is 0. The van der Waals surface area contributed by atoms with Gasteiger partial charge in [-0.05, 0) is 30.2 Å². The average molecular weight is 294 g/mol. The zero-order valence-corrected chi connectivity index (χ0v) is 11.3. The topological polar surface area (TPSA) is 26.3 Å². The Morgan fingerprint density at radius 3 is 2.67 bits per heavy atom. The van der Waals surface area contributed by atoms with E-state index < -0.39 is 18.8 Å². The molecule has 5 heteroatoms. The van der Waals surface area contributed by atoms with Crippen molar-refractivity contribution in [1.29, 1.82) is 0 Å². The maximum atomic E-state index is 14.1. The molecule has 0 aliphatic rings. The molecule has 2 nitrogen and oxygen atoms in total. The standard InChI is InChI=1S/C16H13F3O2/c1-10-3-2-4-13(16(10)19)11-5-6-12(8-20)14(7-11)21-9-15(17)18/h2-8,15H,9H2,1H3. The number of carbonyl (C=O) groups excluding carboxylic acids is 1. The van der Waals surface area contributed by atoms with Gasteiger partial charge in [0, 0.05) is 5.56 Å². The molecule has 0 amide bonds. The van der Waals surface area contributed by atoms with Gasteiger partial charge in [-0.2, -0.15) is 0 Å². The van der Waals surface area contributed by atoms with Crippen LogP contribution in [0.3, 0.4) is 0 Å². The molecule has 0 saturated heterocycles. The van der Waals surface area contributed by atoms with E-state index in [1.807, 2.05) is 0 Å². The van der Waals surface area contributed by atoms with Gasteiger partial charge in [0.15, 0.2) is 6.29 Å². The SMILES string of the molecule is Cc1cccc(-c2ccc(C=O)c(OCC(F)F)c2)c1F. The quantitative estimate of drug-likeness (QED) is 0.770. The summed E-state index contributed by atoms with van der Waals surface area (Å²) in [6, 6.07) is 9.27. The van der Waals surface area contributed by atoms with Crippen LogP contribution in [0.2, 0.25) is 0 Å². The van der Waals surface area contributed by atoms with E-state index >= 15 is 0 Å². The third-order valence-electron chi connectivity index (χ3n) is 3.01. The molecular weight excluding hydrogens is 281 g/mol. The first-order chi connectivity index (χ1) is 10.0. The smallest absolute Gasteiger partial charge is 0.272 e. The number of ether oxygens (including phenoxy) is 1. The molecule has 2 rings (SSSR count). The Hall–Kier alpha value is -2.30. The van der Waals surface area contributed by atoms with E-state index in [0.29, 0.717) is 23.0 Å². The van der Waals surface area contributed by atoms with Crippen molar-refractivity contribution in [2.24, 2.45) is 0 Å². The number of halogens is 3. The van der Waals surface area contributed by atoms with Crippen molar-refractivity contribution in [2.75, 3.05) is 6.61 Å². The summed E-state index contributed by atoms with van der Waals surface area (Å²) in [6.45, 7) is 0.813. The number of hydrogen-bond donors (Lipinski definition) is 0. The van der Waals surface area contributed by atoms with Crippen molar-refractivity contribution < 1.29 is 22.7 Å². The first-order valence-corrected chi connectivity index (χ1v) is 6.28. The zero-order valence-electron chi connectivity index (χ0n) is 11.3. The fraction of sp³-hybridized carbons (Fsp3) is 0.188. The first kappa shape index (κ1) is 15.1. The molecule has 21 heavy (non-hydrogen) atoms. The predicted molar refractivity (Wildman–Crippen MR) is 73.5 cm³/mol. The summed E-state index contributed by atoms with van der Waals surface area (Å²) in [4.78, 5) is 10.9. The van der Waals surface area contributed by atoms with Gasteiger partial charge in [-0.15, -0.1) is 0 Å². The van der Waals surface area contributed by atoms with Gasteiger partial charge < -0.3 is 4.74 Å². The highest BCUT2D eigenvalue weighted by Gasteiger charge is 2.12. The van der Waals surface area contributed by atoms with Gasteiger partial charge in [0.05, 0.1) is 5.56 Å². The fourth-order valence-corrected chi connectivity index (χ4v) is 1.95. The Labute approximate surface area is 120 Å². The molecule has 0 aromatic heterocycles. The highest BCUT2D eigenvalue weighted by molar-refractivity contribution is 5.82. The molecule has 2 aromatic rings. The summed E-state index contributed by atoms with van der Waals surface area (Å²) in [5.41, 5.74) is 1.41. The Morgan fingerprint density at radius 1 is 1.24 bits per heavy atom. The number of benzene rings is 2.